The highest BCUT2D eigenvalue weighted by atomic mass is 127. The van der Waals surface area contributed by atoms with Gasteiger partial charge in [-0.15, -0.1) is 0 Å². The van der Waals surface area contributed by atoms with E-state index >= 15 is 0 Å². The van der Waals surface area contributed by atoms with Gasteiger partial charge in [0.05, 0.1) is 17.9 Å². The number of hydrogen-bond acceptors (Lipinski definition) is 4. The number of hydrogen-bond donors (Lipinski definition) is 2. The van der Waals surface area contributed by atoms with Crippen LogP contribution in [0.1, 0.15) is 23.7 Å². The van der Waals surface area contributed by atoms with Crippen molar-refractivity contribution < 1.29 is 9.53 Å². The summed E-state index contributed by atoms with van der Waals surface area (Å²) < 4.78 is 6.34. The zero-order chi connectivity index (χ0) is 15.2. The van der Waals surface area contributed by atoms with Gasteiger partial charge in [-0.3, -0.25) is 0 Å². The average Bonchev–Trinajstić information content (AvgIpc) is 2.49. The second kappa shape index (κ2) is 7.31. The van der Waals surface area contributed by atoms with Crippen LogP contribution in [-0.4, -0.2) is 12.6 Å². The van der Waals surface area contributed by atoms with Crippen molar-refractivity contribution in [2.75, 3.05) is 17.7 Å². The molecule has 0 aromatic heterocycles. The molecule has 0 saturated carbocycles. The number of benzene rings is 2. The lowest BCUT2D eigenvalue weighted by Crippen LogP contribution is -2.09. The SMILES string of the molecule is CCCOC(=O)c1cc(N)ccc1Nc1ccc(I)cc1. The molecule has 0 heterocycles. The maximum absolute atomic E-state index is 12.1. The number of nitrogen functional groups attached to an aromatic ring is 1. The first-order valence-corrected chi connectivity index (χ1v) is 7.77. The quantitative estimate of drug-likeness (QED) is 0.452. The van der Waals surface area contributed by atoms with Gasteiger partial charge in [0.25, 0.3) is 0 Å². The standard InChI is InChI=1S/C16H17IN2O2/c1-2-9-21-16(20)14-10-12(18)5-8-15(14)19-13-6-3-11(17)4-7-13/h3-8,10,19H,2,9,18H2,1H3. The van der Waals surface area contributed by atoms with E-state index in [9.17, 15) is 4.79 Å². The van der Waals surface area contributed by atoms with Crippen molar-refractivity contribution >= 4 is 45.6 Å². The highest BCUT2D eigenvalue weighted by Crippen LogP contribution is 2.24. The van der Waals surface area contributed by atoms with Crippen molar-refractivity contribution in [1.82, 2.24) is 0 Å². The van der Waals surface area contributed by atoms with Crippen molar-refractivity contribution in [1.29, 1.82) is 0 Å². The largest absolute Gasteiger partial charge is 0.462 e. The fourth-order valence-corrected chi connectivity index (χ4v) is 2.16. The Bertz CT molecular complexity index is 627. The molecule has 0 amide bonds. The summed E-state index contributed by atoms with van der Waals surface area (Å²) in [5, 5.41) is 3.22. The van der Waals surface area contributed by atoms with E-state index < -0.39 is 0 Å². The van der Waals surface area contributed by atoms with Crippen molar-refractivity contribution in [2.45, 2.75) is 13.3 Å². The van der Waals surface area contributed by atoms with Crippen LogP contribution in [0.15, 0.2) is 42.5 Å². The third-order valence-corrected chi connectivity index (χ3v) is 3.54. The second-order valence-electron chi connectivity index (χ2n) is 4.57. The molecular formula is C16H17IN2O2. The maximum Gasteiger partial charge on any atom is 0.340 e. The number of nitrogens with one attached hydrogen (secondary N) is 1. The fraction of sp³-hybridized carbons (Fsp3) is 0.188. The number of anilines is 3. The van der Waals surface area contributed by atoms with Crippen LogP contribution in [0, 0.1) is 3.57 Å². The van der Waals surface area contributed by atoms with Gasteiger partial charge in [0.2, 0.25) is 0 Å². The van der Waals surface area contributed by atoms with E-state index in [1.54, 1.807) is 18.2 Å². The molecule has 0 fully saturated rings. The van der Waals surface area contributed by atoms with E-state index in [1.165, 1.54) is 0 Å². The normalized spacial score (nSPS) is 10.2. The summed E-state index contributed by atoms with van der Waals surface area (Å²) in [6, 6.07) is 13.1. The van der Waals surface area contributed by atoms with Gasteiger partial charge in [0.1, 0.15) is 0 Å². The van der Waals surface area contributed by atoms with Gasteiger partial charge in [-0.1, -0.05) is 6.92 Å². The molecule has 0 aliphatic carbocycles. The van der Waals surface area contributed by atoms with Gasteiger partial charge < -0.3 is 15.8 Å². The number of ether oxygens (including phenoxy) is 1. The van der Waals surface area contributed by atoms with Crippen LogP contribution in [0.3, 0.4) is 0 Å². The van der Waals surface area contributed by atoms with Crippen molar-refractivity contribution in [3.05, 3.63) is 51.6 Å². The first-order valence-electron chi connectivity index (χ1n) is 6.69. The van der Waals surface area contributed by atoms with Crippen LogP contribution in [0.5, 0.6) is 0 Å². The first kappa shape index (κ1) is 15.6. The minimum absolute atomic E-state index is 0.364. The smallest absolute Gasteiger partial charge is 0.340 e. The zero-order valence-electron chi connectivity index (χ0n) is 11.7. The van der Waals surface area contributed by atoms with Gasteiger partial charge in [0, 0.05) is 14.9 Å². The molecule has 2 rings (SSSR count). The molecule has 0 aliphatic heterocycles. The number of carbonyl (C=O) groups excluding carboxylic acids is 1. The minimum Gasteiger partial charge on any atom is -0.462 e. The highest BCUT2D eigenvalue weighted by molar-refractivity contribution is 14.1. The van der Waals surface area contributed by atoms with Gasteiger partial charge in [0.15, 0.2) is 0 Å². The lowest BCUT2D eigenvalue weighted by Gasteiger charge is -2.12. The molecule has 0 atom stereocenters. The Hall–Kier alpha value is -1.76. The third-order valence-electron chi connectivity index (χ3n) is 2.82. The average molecular weight is 396 g/mol. The molecule has 2 aromatic carbocycles. The van der Waals surface area contributed by atoms with Crippen molar-refractivity contribution in [3.8, 4) is 0 Å². The summed E-state index contributed by atoms with van der Waals surface area (Å²) in [7, 11) is 0. The summed E-state index contributed by atoms with van der Waals surface area (Å²) in [6.45, 7) is 2.36. The Morgan fingerprint density at radius 3 is 2.62 bits per heavy atom. The Kier molecular flexibility index (Phi) is 5.44. The Balaban J connectivity index is 2.26. The molecule has 21 heavy (non-hydrogen) atoms. The predicted octanol–water partition coefficient (Wildman–Crippen LogP) is 4.18. The summed E-state index contributed by atoms with van der Waals surface area (Å²) >= 11 is 2.25. The molecule has 0 radical (unpaired) electrons. The van der Waals surface area contributed by atoms with E-state index in [0.29, 0.717) is 23.5 Å². The van der Waals surface area contributed by atoms with E-state index in [0.717, 1.165) is 15.7 Å². The molecule has 2 aromatic rings. The fourth-order valence-electron chi connectivity index (χ4n) is 1.80. The van der Waals surface area contributed by atoms with Crippen molar-refractivity contribution in [3.63, 3.8) is 0 Å². The van der Waals surface area contributed by atoms with Crippen LogP contribution >= 0.6 is 22.6 Å². The van der Waals surface area contributed by atoms with Gasteiger partial charge in [-0.05, 0) is 71.5 Å². The molecule has 0 bridgehead atoms. The topological polar surface area (TPSA) is 64.3 Å². The molecule has 0 unspecified atom stereocenters. The van der Waals surface area contributed by atoms with Gasteiger partial charge in [-0.25, -0.2) is 4.79 Å². The van der Waals surface area contributed by atoms with Gasteiger partial charge in [-0.2, -0.15) is 0 Å². The van der Waals surface area contributed by atoms with Crippen LogP contribution in [0.2, 0.25) is 0 Å². The lowest BCUT2D eigenvalue weighted by atomic mass is 10.1. The molecule has 110 valence electrons. The van der Waals surface area contributed by atoms with E-state index in [2.05, 4.69) is 27.9 Å². The molecule has 5 heteroatoms. The Morgan fingerprint density at radius 2 is 1.95 bits per heavy atom. The van der Waals surface area contributed by atoms with Crippen LogP contribution in [0.4, 0.5) is 17.1 Å². The van der Waals surface area contributed by atoms with Crippen LogP contribution in [0.25, 0.3) is 0 Å². The summed E-state index contributed by atoms with van der Waals surface area (Å²) in [4.78, 5) is 12.1. The lowest BCUT2D eigenvalue weighted by molar-refractivity contribution is 0.0506. The first-order chi connectivity index (χ1) is 10.1. The predicted molar refractivity (Wildman–Crippen MR) is 93.9 cm³/mol. The maximum atomic E-state index is 12.1. The molecule has 0 saturated heterocycles. The number of rotatable bonds is 5. The number of halogens is 1. The number of carbonyl (C=O) groups is 1. The number of esters is 1. The van der Waals surface area contributed by atoms with E-state index in [1.807, 2.05) is 31.2 Å². The summed E-state index contributed by atoms with van der Waals surface area (Å²) in [6.07, 6.45) is 0.786. The minimum atomic E-state index is -0.364. The molecule has 0 aliphatic rings. The van der Waals surface area contributed by atoms with E-state index in [4.69, 9.17) is 10.5 Å². The molecule has 3 N–H and O–H groups in total. The second-order valence-corrected chi connectivity index (χ2v) is 5.82. The van der Waals surface area contributed by atoms with Gasteiger partial charge >= 0.3 is 5.97 Å². The Morgan fingerprint density at radius 1 is 1.24 bits per heavy atom. The monoisotopic (exact) mass is 396 g/mol. The van der Waals surface area contributed by atoms with E-state index in [-0.39, 0.29) is 5.97 Å². The third kappa shape index (κ3) is 4.35. The summed E-state index contributed by atoms with van der Waals surface area (Å²) in [5.74, 6) is -0.364. The van der Waals surface area contributed by atoms with Crippen LogP contribution < -0.4 is 11.1 Å². The molecule has 4 nitrogen and oxygen atoms in total. The zero-order valence-corrected chi connectivity index (χ0v) is 13.9. The molecular weight excluding hydrogens is 379 g/mol. The van der Waals surface area contributed by atoms with Crippen LogP contribution in [-0.2, 0) is 4.74 Å². The summed E-state index contributed by atoms with van der Waals surface area (Å²) in [5.41, 5.74) is 8.34. The van der Waals surface area contributed by atoms with Crippen molar-refractivity contribution in [2.24, 2.45) is 0 Å². The highest BCUT2D eigenvalue weighted by Gasteiger charge is 2.13. The Labute approximate surface area is 137 Å². The number of nitrogens with two attached hydrogens (primary N) is 1. The molecule has 0 spiro atoms.